The highest BCUT2D eigenvalue weighted by molar-refractivity contribution is 7.92. The van der Waals surface area contributed by atoms with E-state index in [4.69, 9.17) is 23.7 Å². The molecule has 0 unspecified atom stereocenters. The van der Waals surface area contributed by atoms with Crippen LogP contribution in [0.4, 0.5) is 5.69 Å². The van der Waals surface area contributed by atoms with Gasteiger partial charge in [-0.25, -0.2) is 8.42 Å². The van der Waals surface area contributed by atoms with Crippen molar-refractivity contribution < 1.29 is 36.9 Å². The maximum absolute atomic E-state index is 13.8. The Kier molecular flexibility index (Phi) is 7.88. The quantitative estimate of drug-likeness (QED) is 0.535. The van der Waals surface area contributed by atoms with Crippen LogP contribution in [0, 0.1) is 0 Å². The lowest BCUT2D eigenvalue weighted by Gasteiger charge is -2.31. The summed E-state index contributed by atoms with van der Waals surface area (Å²) in [6.45, 7) is 1.14. The fraction of sp³-hybridized carbons (Fsp3) is 0.409. The first-order chi connectivity index (χ1) is 15.8. The molecule has 11 heteroatoms. The Labute approximate surface area is 193 Å². The van der Waals surface area contributed by atoms with E-state index in [9.17, 15) is 13.2 Å². The number of amides is 1. The van der Waals surface area contributed by atoms with Crippen LogP contribution >= 0.6 is 0 Å². The minimum absolute atomic E-state index is 0.0696. The molecule has 10 nitrogen and oxygen atoms in total. The van der Waals surface area contributed by atoms with Crippen LogP contribution in [-0.2, 0) is 19.6 Å². The molecule has 0 bridgehead atoms. The highest BCUT2D eigenvalue weighted by atomic mass is 32.2. The van der Waals surface area contributed by atoms with Gasteiger partial charge in [0.25, 0.3) is 10.0 Å². The largest absolute Gasteiger partial charge is 0.497 e. The summed E-state index contributed by atoms with van der Waals surface area (Å²) in [7, 11) is 1.55. The summed E-state index contributed by atoms with van der Waals surface area (Å²) in [5, 5.41) is 0. The number of hydrogen-bond donors (Lipinski definition) is 0. The molecule has 0 aromatic heterocycles. The van der Waals surface area contributed by atoms with Gasteiger partial charge in [-0.05, 0) is 24.3 Å². The van der Waals surface area contributed by atoms with Gasteiger partial charge < -0.3 is 28.6 Å². The maximum atomic E-state index is 13.8. The Balaban J connectivity index is 2.11. The van der Waals surface area contributed by atoms with Crippen molar-refractivity contribution in [2.24, 2.45) is 0 Å². The molecule has 1 saturated heterocycles. The third-order valence-corrected chi connectivity index (χ3v) is 7.00. The topological polar surface area (TPSA) is 104 Å². The van der Waals surface area contributed by atoms with Crippen molar-refractivity contribution in [2.45, 2.75) is 4.90 Å². The van der Waals surface area contributed by atoms with Crippen LogP contribution in [0.15, 0.2) is 41.3 Å². The standard InChI is InChI=1S/C22H28N2O8S/c1-28-16-5-7-19(29-2)18(13-16)24(15-22(25)23-9-11-32-12-10-23)33(26,27)17-6-8-20(30-3)21(14-17)31-4/h5-8,13-14H,9-12,15H2,1-4H3. The predicted octanol–water partition coefficient (Wildman–Crippen LogP) is 1.78. The zero-order valence-corrected chi connectivity index (χ0v) is 19.9. The molecule has 0 N–H and O–H groups in total. The Morgan fingerprint density at radius 1 is 0.909 bits per heavy atom. The van der Waals surface area contributed by atoms with Gasteiger partial charge in [0.1, 0.15) is 18.0 Å². The number of anilines is 1. The van der Waals surface area contributed by atoms with E-state index < -0.39 is 16.6 Å². The monoisotopic (exact) mass is 480 g/mol. The Morgan fingerprint density at radius 2 is 1.55 bits per heavy atom. The molecule has 33 heavy (non-hydrogen) atoms. The van der Waals surface area contributed by atoms with Crippen molar-refractivity contribution in [3.63, 3.8) is 0 Å². The zero-order chi connectivity index (χ0) is 24.0. The van der Waals surface area contributed by atoms with Crippen molar-refractivity contribution in [1.82, 2.24) is 4.90 Å². The van der Waals surface area contributed by atoms with Gasteiger partial charge >= 0.3 is 0 Å². The number of hydrogen-bond acceptors (Lipinski definition) is 8. The van der Waals surface area contributed by atoms with E-state index in [0.29, 0.717) is 37.8 Å². The highest BCUT2D eigenvalue weighted by Crippen LogP contribution is 2.37. The van der Waals surface area contributed by atoms with E-state index in [1.165, 1.54) is 52.7 Å². The van der Waals surface area contributed by atoms with Crippen LogP contribution in [0.3, 0.4) is 0 Å². The minimum atomic E-state index is -4.22. The van der Waals surface area contributed by atoms with E-state index >= 15 is 0 Å². The van der Waals surface area contributed by atoms with Gasteiger partial charge in [0.15, 0.2) is 11.5 Å². The third kappa shape index (κ3) is 5.25. The maximum Gasteiger partial charge on any atom is 0.265 e. The molecule has 180 valence electrons. The summed E-state index contributed by atoms with van der Waals surface area (Å²) < 4.78 is 55.2. The highest BCUT2D eigenvalue weighted by Gasteiger charge is 2.32. The number of sulfonamides is 1. The summed E-state index contributed by atoms with van der Waals surface area (Å²) in [4.78, 5) is 14.6. The number of methoxy groups -OCH3 is 4. The molecule has 0 radical (unpaired) electrons. The molecular formula is C22H28N2O8S. The van der Waals surface area contributed by atoms with Crippen molar-refractivity contribution >= 4 is 21.6 Å². The number of carbonyl (C=O) groups is 1. The first-order valence-electron chi connectivity index (χ1n) is 10.2. The van der Waals surface area contributed by atoms with Crippen molar-refractivity contribution in [3.05, 3.63) is 36.4 Å². The van der Waals surface area contributed by atoms with E-state index in [2.05, 4.69) is 0 Å². The molecule has 2 aromatic rings. The lowest BCUT2D eigenvalue weighted by molar-refractivity contribution is -0.133. The molecular weight excluding hydrogens is 452 g/mol. The average Bonchev–Trinajstić information content (AvgIpc) is 2.86. The summed E-state index contributed by atoms with van der Waals surface area (Å²) in [6, 6.07) is 9.00. The Hall–Kier alpha value is -3.18. The van der Waals surface area contributed by atoms with E-state index in [0.717, 1.165) is 4.31 Å². The number of benzene rings is 2. The molecule has 2 aromatic carbocycles. The first-order valence-corrected chi connectivity index (χ1v) is 11.6. The van der Waals surface area contributed by atoms with Gasteiger partial charge in [0, 0.05) is 25.2 Å². The molecule has 0 spiro atoms. The predicted molar refractivity (Wildman–Crippen MR) is 121 cm³/mol. The second-order valence-electron chi connectivity index (χ2n) is 7.06. The average molecular weight is 481 g/mol. The second kappa shape index (κ2) is 10.6. The van der Waals surface area contributed by atoms with Gasteiger partial charge in [0.2, 0.25) is 5.91 Å². The first kappa shape index (κ1) is 24.5. The fourth-order valence-electron chi connectivity index (χ4n) is 3.43. The summed E-state index contributed by atoms with van der Waals surface area (Å²) in [5.41, 5.74) is 0.174. The fourth-order valence-corrected chi connectivity index (χ4v) is 4.86. The number of rotatable bonds is 9. The molecule has 0 atom stereocenters. The number of ether oxygens (including phenoxy) is 5. The van der Waals surface area contributed by atoms with Crippen LogP contribution < -0.4 is 23.3 Å². The van der Waals surface area contributed by atoms with Crippen LogP contribution in [0.1, 0.15) is 0 Å². The number of carbonyl (C=O) groups excluding carboxylic acids is 1. The normalized spacial score (nSPS) is 13.9. The third-order valence-electron chi connectivity index (χ3n) is 5.24. The smallest absolute Gasteiger partial charge is 0.265 e. The van der Waals surface area contributed by atoms with Crippen LogP contribution in [-0.4, -0.2) is 80.5 Å². The molecule has 1 aliphatic rings. The van der Waals surface area contributed by atoms with Gasteiger partial charge in [-0.15, -0.1) is 0 Å². The molecule has 3 rings (SSSR count). The summed E-state index contributed by atoms with van der Waals surface area (Å²) >= 11 is 0. The lowest BCUT2D eigenvalue weighted by Crippen LogP contribution is -2.47. The van der Waals surface area contributed by atoms with E-state index in [1.807, 2.05) is 0 Å². The Bertz CT molecular complexity index is 1080. The van der Waals surface area contributed by atoms with Gasteiger partial charge in [-0.3, -0.25) is 9.10 Å². The number of nitrogens with zero attached hydrogens (tertiary/aromatic N) is 2. The van der Waals surface area contributed by atoms with Gasteiger partial charge in [-0.2, -0.15) is 0 Å². The van der Waals surface area contributed by atoms with Gasteiger partial charge in [0.05, 0.1) is 52.2 Å². The summed E-state index contributed by atoms with van der Waals surface area (Å²) in [6.07, 6.45) is 0. The molecule has 1 heterocycles. The molecule has 1 amide bonds. The van der Waals surface area contributed by atoms with E-state index in [-0.39, 0.29) is 28.0 Å². The van der Waals surface area contributed by atoms with Crippen molar-refractivity contribution in [2.75, 3.05) is 65.6 Å². The molecule has 0 aliphatic carbocycles. The van der Waals surface area contributed by atoms with E-state index in [1.54, 1.807) is 17.0 Å². The summed E-state index contributed by atoms with van der Waals surface area (Å²) in [5.74, 6) is 0.959. The van der Waals surface area contributed by atoms with Crippen molar-refractivity contribution in [3.8, 4) is 23.0 Å². The number of morpholine rings is 1. The zero-order valence-electron chi connectivity index (χ0n) is 19.1. The van der Waals surface area contributed by atoms with Gasteiger partial charge in [-0.1, -0.05) is 0 Å². The lowest BCUT2D eigenvalue weighted by atomic mass is 10.2. The molecule has 1 aliphatic heterocycles. The second-order valence-corrected chi connectivity index (χ2v) is 8.92. The van der Waals surface area contributed by atoms with Crippen LogP contribution in [0.2, 0.25) is 0 Å². The van der Waals surface area contributed by atoms with Crippen LogP contribution in [0.5, 0.6) is 23.0 Å². The Morgan fingerprint density at radius 3 is 2.15 bits per heavy atom. The minimum Gasteiger partial charge on any atom is -0.497 e. The molecule has 1 fully saturated rings. The SMILES string of the molecule is COc1ccc(OC)c(N(CC(=O)N2CCOCC2)S(=O)(=O)c2ccc(OC)c(OC)c2)c1. The van der Waals surface area contributed by atoms with Crippen molar-refractivity contribution in [1.29, 1.82) is 0 Å². The van der Waals surface area contributed by atoms with Crippen LogP contribution in [0.25, 0.3) is 0 Å². The molecule has 0 saturated carbocycles.